The van der Waals surface area contributed by atoms with Crippen LogP contribution in [0.3, 0.4) is 0 Å². The fraction of sp³-hybridized carbons (Fsp3) is 0.250. The Labute approximate surface area is 169 Å². The molecule has 0 spiro atoms. The molecular weight excluding hydrogens is 390 g/mol. The van der Waals surface area contributed by atoms with Crippen LogP contribution >= 0.6 is 0 Å². The predicted octanol–water partition coefficient (Wildman–Crippen LogP) is 1.98. The lowest BCUT2D eigenvalue weighted by atomic mass is 10.2. The topological polar surface area (TPSA) is 97.2 Å². The van der Waals surface area contributed by atoms with Crippen LogP contribution < -0.4 is 5.32 Å². The number of amides is 1. The van der Waals surface area contributed by atoms with Gasteiger partial charge in [-0.3, -0.25) is 4.79 Å². The first-order valence-electron chi connectivity index (χ1n) is 9.37. The molecule has 1 N–H and O–H groups in total. The third-order valence-electron chi connectivity index (χ3n) is 4.83. The standard InChI is InChI=1S/C20H21N5O3S/c26-20(17-6-9-19(21-15-17)25-13-3-10-23-25)22-14-16-4-7-18(8-5-16)29(27,28)24-11-1-2-12-24/h3-10,13,15H,1-2,11-12,14H2,(H,22,26). The van der Waals surface area contributed by atoms with Crippen molar-refractivity contribution in [3.8, 4) is 5.82 Å². The van der Waals surface area contributed by atoms with Crippen molar-refractivity contribution in [1.82, 2.24) is 24.4 Å². The molecule has 1 aliphatic rings. The molecule has 9 heteroatoms. The van der Waals surface area contributed by atoms with E-state index in [2.05, 4.69) is 15.4 Å². The molecule has 1 amide bonds. The highest BCUT2D eigenvalue weighted by Gasteiger charge is 2.26. The lowest BCUT2D eigenvalue weighted by Crippen LogP contribution is -2.28. The molecule has 29 heavy (non-hydrogen) atoms. The Bertz CT molecular complexity index is 1070. The van der Waals surface area contributed by atoms with Crippen LogP contribution in [0.5, 0.6) is 0 Å². The highest BCUT2D eigenvalue weighted by atomic mass is 32.2. The fourth-order valence-electron chi connectivity index (χ4n) is 3.20. The van der Waals surface area contributed by atoms with Gasteiger partial charge in [-0.15, -0.1) is 0 Å². The minimum absolute atomic E-state index is 0.252. The minimum atomic E-state index is -3.42. The van der Waals surface area contributed by atoms with E-state index in [1.165, 1.54) is 10.5 Å². The van der Waals surface area contributed by atoms with E-state index >= 15 is 0 Å². The van der Waals surface area contributed by atoms with Gasteiger partial charge in [0.25, 0.3) is 5.91 Å². The molecule has 4 rings (SSSR count). The molecule has 3 heterocycles. The van der Waals surface area contributed by atoms with Crippen molar-refractivity contribution in [3.05, 3.63) is 72.2 Å². The predicted molar refractivity (Wildman–Crippen MR) is 107 cm³/mol. The summed E-state index contributed by atoms with van der Waals surface area (Å²) in [6.07, 6.45) is 6.74. The number of sulfonamides is 1. The van der Waals surface area contributed by atoms with Gasteiger partial charge in [-0.05, 0) is 48.7 Å². The van der Waals surface area contributed by atoms with Crippen molar-refractivity contribution in [3.63, 3.8) is 0 Å². The fourth-order valence-corrected chi connectivity index (χ4v) is 4.72. The van der Waals surface area contributed by atoms with E-state index in [0.717, 1.165) is 18.4 Å². The Morgan fingerprint density at radius 3 is 2.45 bits per heavy atom. The zero-order chi connectivity index (χ0) is 20.3. The quantitative estimate of drug-likeness (QED) is 0.669. The van der Waals surface area contributed by atoms with Gasteiger partial charge in [-0.25, -0.2) is 18.1 Å². The number of nitrogens with one attached hydrogen (secondary N) is 1. The van der Waals surface area contributed by atoms with Gasteiger partial charge < -0.3 is 5.32 Å². The highest BCUT2D eigenvalue weighted by Crippen LogP contribution is 2.21. The third-order valence-corrected chi connectivity index (χ3v) is 6.74. The van der Waals surface area contributed by atoms with Gasteiger partial charge in [0.15, 0.2) is 5.82 Å². The number of carbonyl (C=O) groups is 1. The summed E-state index contributed by atoms with van der Waals surface area (Å²) in [4.78, 5) is 16.9. The minimum Gasteiger partial charge on any atom is -0.348 e. The first kappa shape index (κ1) is 19.3. The molecule has 2 aromatic heterocycles. The van der Waals surface area contributed by atoms with E-state index in [-0.39, 0.29) is 10.8 Å². The summed E-state index contributed by atoms with van der Waals surface area (Å²) in [5, 5.41) is 6.92. The first-order chi connectivity index (χ1) is 14.0. The van der Waals surface area contributed by atoms with Gasteiger partial charge in [-0.2, -0.15) is 9.40 Å². The summed E-state index contributed by atoms with van der Waals surface area (Å²) in [6.45, 7) is 1.45. The smallest absolute Gasteiger partial charge is 0.253 e. The van der Waals surface area contributed by atoms with Gasteiger partial charge in [0.2, 0.25) is 10.0 Å². The average molecular weight is 411 g/mol. The van der Waals surface area contributed by atoms with Crippen molar-refractivity contribution in [2.24, 2.45) is 0 Å². The van der Waals surface area contributed by atoms with Crippen LogP contribution in [0.25, 0.3) is 5.82 Å². The van der Waals surface area contributed by atoms with Crippen LogP contribution in [-0.2, 0) is 16.6 Å². The molecule has 0 radical (unpaired) electrons. The van der Waals surface area contributed by atoms with Gasteiger partial charge in [0, 0.05) is 38.2 Å². The number of benzene rings is 1. The maximum Gasteiger partial charge on any atom is 0.253 e. The molecule has 0 bridgehead atoms. The zero-order valence-corrected chi connectivity index (χ0v) is 16.5. The van der Waals surface area contributed by atoms with Gasteiger partial charge in [0.05, 0.1) is 10.5 Å². The number of nitrogens with zero attached hydrogens (tertiary/aromatic N) is 4. The second-order valence-corrected chi connectivity index (χ2v) is 8.73. The first-order valence-corrected chi connectivity index (χ1v) is 10.8. The maximum atomic E-state index is 12.6. The maximum absolute atomic E-state index is 12.6. The molecule has 0 saturated carbocycles. The molecule has 1 fully saturated rings. The Morgan fingerprint density at radius 2 is 1.83 bits per heavy atom. The van der Waals surface area contributed by atoms with Crippen LogP contribution in [0, 0.1) is 0 Å². The monoisotopic (exact) mass is 411 g/mol. The van der Waals surface area contributed by atoms with E-state index in [1.54, 1.807) is 59.5 Å². The number of hydrogen-bond acceptors (Lipinski definition) is 5. The van der Waals surface area contributed by atoms with Gasteiger partial charge in [0.1, 0.15) is 0 Å². The molecule has 0 atom stereocenters. The molecular formula is C20H21N5O3S. The normalized spacial score (nSPS) is 14.8. The zero-order valence-electron chi connectivity index (χ0n) is 15.7. The molecule has 1 aromatic carbocycles. The van der Waals surface area contributed by atoms with E-state index in [0.29, 0.717) is 31.0 Å². The van der Waals surface area contributed by atoms with Crippen molar-refractivity contribution >= 4 is 15.9 Å². The van der Waals surface area contributed by atoms with Crippen LogP contribution in [0.2, 0.25) is 0 Å². The summed E-state index contributed by atoms with van der Waals surface area (Å²) < 4.78 is 28.2. The summed E-state index contributed by atoms with van der Waals surface area (Å²) >= 11 is 0. The van der Waals surface area contributed by atoms with Crippen LogP contribution in [0.4, 0.5) is 0 Å². The van der Waals surface area contributed by atoms with Crippen LogP contribution in [0.15, 0.2) is 66.0 Å². The number of carbonyl (C=O) groups excluding carboxylic acids is 1. The Kier molecular flexibility index (Phi) is 5.41. The van der Waals surface area contributed by atoms with Crippen LogP contribution in [0.1, 0.15) is 28.8 Å². The second kappa shape index (κ2) is 8.14. The lowest BCUT2D eigenvalue weighted by Gasteiger charge is -2.15. The third kappa shape index (κ3) is 4.20. The summed E-state index contributed by atoms with van der Waals surface area (Å²) in [5.74, 6) is 0.375. The second-order valence-electron chi connectivity index (χ2n) is 6.79. The largest absolute Gasteiger partial charge is 0.348 e. The number of pyridine rings is 1. The summed E-state index contributed by atoms with van der Waals surface area (Å²) in [5.41, 5.74) is 1.26. The van der Waals surface area contributed by atoms with Crippen molar-refractivity contribution in [2.45, 2.75) is 24.3 Å². The SMILES string of the molecule is O=C(NCc1ccc(S(=O)(=O)N2CCCC2)cc1)c1ccc(-n2cccn2)nc1. The Morgan fingerprint density at radius 1 is 1.07 bits per heavy atom. The van der Waals surface area contributed by atoms with Crippen molar-refractivity contribution in [2.75, 3.05) is 13.1 Å². The van der Waals surface area contributed by atoms with E-state index in [1.807, 2.05) is 0 Å². The molecule has 1 aliphatic heterocycles. The van der Waals surface area contributed by atoms with Gasteiger partial charge in [-0.1, -0.05) is 12.1 Å². The molecule has 0 unspecified atom stereocenters. The lowest BCUT2D eigenvalue weighted by molar-refractivity contribution is 0.0950. The molecule has 150 valence electrons. The molecule has 0 aliphatic carbocycles. The summed E-state index contributed by atoms with van der Waals surface area (Å²) in [6, 6.07) is 11.8. The van der Waals surface area contributed by atoms with E-state index in [4.69, 9.17) is 0 Å². The molecule has 3 aromatic rings. The van der Waals surface area contributed by atoms with E-state index < -0.39 is 10.0 Å². The average Bonchev–Trinajstić information content (AvgIpc) is 3.47. The van der Waals surface area contributed by atoms with E-state index in [9.17, 15) is 13.2 Å². The number of rotatable bonds is 6. The van der Waals surface area contributed by atoms with Crippen molar-refractivity contribution < 1.29 is 13.2 Å². The number of hydrogen-bond donors (Lipinski definition) is 1. The number of aromatic nitrogens is 3. The van der Waals surface area contributed by atoms with Crippen molar-refractivity contribution in [1.29, 1.82) is 0 Å². The molecule has 8 nitrogen and oxygen atoms in total. The molecule has 1 saturated heterocycles. The van der Waals surface area contributed by atoms with Gasteiger partial charge >= 0.3 is 0 Å². The van der Waals surface area contributed by atoms with Crippen LogP contribution in [-0.4, -0.2) is 46.5 Å². The summed E-state index contributed by atoms with van der Waals surface area (Å²) in [7, 11) is -3.42. The Balaban J connectivity index is 1.37. The highest BCUT2D eigenvalue weighted by molar-refractivity contribution is 7.89. The Hall–Kier alpha value is -3.04.